The minimum Gasteiger partial charge on any atom is -0.493 e. The third-order valence-corrected chi connectivity index (χ3v) is 6.88. The first kappa shape index (κ1) is 20.7. The molecule has 0 bridgehead atoms. The van der Waals surface area contributed by atoms with Crippen LogP contribution in [-0.2, 0) is 22.8 Å². The Morgan fingerprint density at radius 1 is 1.03 bits per heavy atom. The fraction of sp³-hybridized carbons (Fsp3) is 0.381. The molecule has 2 heterocycles. The minimum absolute atomic E-state index is 0.231. The monoisotopic (exact) mass is 436 g/mol. The van der Waals surface area contributed by atoms with Crippen LogP contribution in [0.5, 0.6) is 5.75 Å². The van der Waals surface area contributed by atoms with Crippen molar-refractivity contribution in [3.8, 4) is 5.75 Å². The maximum atomic E-state index is 12.7. The van der Waals surface area contributed by atoms with Crippen LogP contribution >= 0.6 is 0 Å². The molecule has 160 valence electrons. The molecule has 2 aliphatic rings. The van der Waals surface area contributed by atoms with Gasteiger partial charge in [-0.15, -0.1) is 0 Å². The van der Waals surface area contributed by atoms with Crippen molar-refractivity contribution < 1.29 is 26.7 Å². The summed E-state index contributed by atoms with van der Waals surface area (Å²) in [7, 11) is -4.66. The second-order valence-corrected chi connectivity index (χ2v) is 9.36. The van der Waals surface area contributed by atoms with Gasteiger partial charge in [0, 0.05) is 44.7 Å². The molecule has 2 aliphatic heterocycles. The molecule has 0 saturated carbocycles. The van der Waals surface area contributed by atoms with Gasteiger partial charge in [-0.1, -0.05) is 12.1 Å². The average molecular weight is 436 g/mol. The van der Waals surface area contributed by atoms with Gasteiger partial charge in [0.05, 0.1) is 11.5 Å². The first-order valence-corrected chi connectivity index (χ1v) is 11.3. The number of carbonyl (C=O) groups excluding carboxylic acids is 1. The number of ether oxygens (including phenoxy) is 1. The van der Waals surface area contributed by atoms with E-state index in [9.17, 15) is 22.0 Å². The van der Waals surface area contributed by atoms with Crippen LogP contribution in [0.4, 0.5) is 8.78 Å². The summed E-state index contributed by atoms with van der Waals surface area (Å²) in [6.45, 7) is 4.06. The van der Waals surface area contributed by atoms with E-state index in [1.807, 2.05) is 6.07 Å². The number of hydrogen-bond donors (Lipinski definition) is 0. The van der Waals surface area contributed by atoms with Crippen molar-refractivity contribution in [1.82, 2.24) is 9.80 Å². The Balaban J connectivity index is 1.34. The Morgan fingerprint density at radius 3 is 2.40 bits per heavy atom. The summed E-state index contributed by atoms with van der Waals surface area (Å²) >= 11 is 0. The second-order valence-electron chi connectivity index (χ2n) is 7.44. The van der Waals surface area contributed by atoms with Crippen LogP contribution in [-0.4, -0.2) is 62.7 Å². The third kappa shape index (κ3) is 4.17. The predicted octanol–water partition coefficient (Wildman–Crippen LogP) is 2.58. The summed E-state index contributed by atoms with van der Waals surface area (Å²) < 4.78 is 53.8. The number of benzene rings is 2. The van der Waals surface area contributed by atoms with Crippen LogP contribution in [0.15, 0.2) is 47.4 Å². The summed E-state index contributed by atoms with van der Waals surface area (Å²) in [4.78, 5) is 16.2. The normalized spacial score (nSPS) is 17.1. The number of sulfone groups is 1. The van der Waals surface area contributed by atoms with Crippen molar-refractivity contribution in [3.63, 3.8) is 0 Å². The molecule has 6 nitrogen and oxygen atoms in total. The van der Waals surface area contributed by atoms with Gasteiger partial charge in [-0.25, -0.2) is 8.42 Å². The molecule has 2 aromatic rings. The van der Waals surface area contributed by atoms with Crippen LogP contribution < -0.4 is 4.74 Å². The SMILES string of the molecule is O=C(c1ccc(S(=O)(=O)C(F)F)cc1)N1CCN(Cc2ccc3c(c2)CCO3)CC1. The molecule has 9 heteroatoms. The Morgan fingerprint density at radius 2 is 1.73 bits per heavy atom. The number of carbonyl (C=O) groups is 1. The molecule has 2 aromatic carbocycles. The fourth-order valence-electron chi connectivity index (χ4n) is 3.78. The average Bonchev–Trinajstić information content (AvgIpc) is 3.22. The second kappa shape index (κ2) is 8.31. The number of amides is 1. The van der Waals surface area contributed by atoms with Gasteiger partial charge in [-0.3, -0.25) is 9.69 Å². The van der Waals surface area contributed by atoms with Crippen LogP contribution in [0.2, 0.25) is 0 Å². The lowest BCUT2D eigenvalue weighted by atomic mass is 10.1. The van der Waals surface area contributed by atoms with Crippen LogP contribution in [0.1, 0.15) is 21.5 Å². The van der Waals surface area contributed by atoms with Crippen LogP contribution in [0.25, 0.3) is 0 Å². The fourth-order valence-corrected chi connectivity index (χ4v) is 4.50. The van der Waals surface area contributed by atoms with Gasteiger partial charge in [0.15, 0.2) is 0 Å². The van der Waals surface area contributed by atoms with Crippen molar-refractivity contribution >= 4 is 15.7 Å². The number of rotatable bonds is 5. The summed E-state index contributed by atoms with van der Waals surface area (Å²) in [6, 6.07) is 10.9. The zero-order valence-electron chi connectivity index (χ0n) is 16.3. The molecule has 4 rings (SSSR count). The highest BCUT2D eigenvalue weighted by molar-refractivity contribution is 7.91. The van der Waals surface area contributed by atoms with Gasteiger partial charge in [-0.05, 0) is 41.5 Å². The number of fused-ring (bicyclic) bond motifs is 1. The standard InChI is InChI=1S/C21H22F2N2O4S/c22-21(23)30(27,28)18-4-2-16(3-5-18)20(26)25-10-8-24(9-11-25)14-15-1-6-19-17(13-15)7-12-29-19/h1-6,13,21H,7-12,14H2. The number of halogens is 2. The predicted molar refractivity (Wildman–Crippen MR) is 106 cm³/mol. The van der Waals surface area contributed by atoms with Crippen molar-refractivity contribution in [2.45, 2.75) is 23.6 Å². The maximum Gasteiger partial charge on any atom is 0.341 e. The Hall–Kier alpha value is -2.52. The number of alkyl halides is 2. The Labute approximate surface area is 174 Å². The zero-order valence-corrected chi connectivity index (χ0v) is 17.1. The van der Waals surface area contributed by atoms with Gasteiger partial charge in [0.1, 0.15) is 5.75 Å². The molecule has 0 atom stereocenters. The van der Waals surface area contributed by atoms with Crippen molar-refractivity contribution in [2.24, 2.45) is 0 Å². The number of piperazine rings is 1. The lowest BCUT2D eigenvalue weighted by molar-refractivity contribution is 0.0628. The smallest absolute Gasteiger partial charge is 0.341 e. The molecular weight excluding hydrogens is 414 g/mol. The van der Waals surface area contributed by atoms with Crippen molar-refractivity contribution in [1.29, 1.82) is 0 Å². The first-order chi connectivity index (χ1) is 14.3. The van der Waals surface area contributed by atoms with E-state index in [1.165, 1.54) is 23.3 Å². The lowest BCUT2D eigenvalue weighted by Gasteiger charge is -2.34. The van der Waals surface area contributed by atoms with E-state index in [4.69, 9.17) is 4.74 Å². The van der Waals surface area contributed by atoms with E-state index in [1.54, 1.807) is 4.90 Å². The highest BCUT2D eigenvalue weighted by Gasteiger charge is 2.27. The van der Waals surface area contributed by atoms with Crippen molar-refractivity contribution in [2.75, 3.05) is 32.8 Å². The quantitative estimate of drug-likeness (QED) is 0.721. The van der Waals surface area contributed by atoms with Gasteiger partial charge in [-0.2, -0.15) is 8.78 Å². The highest BCUT2D eigenvalue weighted by Crippen LogP contribution is 2.26. The minimum atomic E-state index is -4.66. The number of hydrogen-bond acceptors (Lipinski definition) is 5. The van der Waals surface area contributed by atoms with Crippen LogP contribution in [0.3, 0.4) is 0 Å². The molecule has 0 unspecified atom stereocenters. The first-order valence-electron chi connectivity index (χ1n) is 9.73. The lowest BCUT2D eigenvalue weighted by Crippen LogP contribution is -2.48. The molecule has 30 heavy (non-hydrogen) atoms. The van der Waals surface area contributed by atoms with Crippen LogP contribution in [0, 0.1) is 0 Å². The van der Waals surface area contributed by atoms with Crippen molar-refractivity contribution in [3.05, 3.63) is 59.2 Å². The van der Waals surface area contributed by atoms with E-state index < -0.39 is 20.5 Å². The topological polar surface area (TPSA) is 66.9 Å². The van der Waals surface area contributed by atoms with Gasteiger partial charge in [0.25, 0.3) is 5.91 Å². The third-order valence-electron chi connectivity index (χ3n) is 5.48. The Bertz CT molecular complexity index is 1030. The van der Waals surface area contributed by atoms with Gasteiger partial charge in [0.2, 0.25) is 9.84 Å². The van der Waals surface area contributed by atoms with E-state index >= 15 is 0 Å². The molecule has 1 saturated heterocycles. The van der Waals surface area contributed by atoms with Gasteiger partial charge >= 0.3 is 5.76 Å². The molecule has 0 aromatic heterocycles. The van der Waals surface area contributed by atoms with E-state index in [0.717, 1.165) is 50.5 Å². The molecule has 1 fully saturated rings. The number of nitrogens with zero attached hydrogens (tertiary/aromatic N) is 2. The summed E-state index contributed by atoms with van der Waals surface area (Å²) in [5.74, 6) is -2.75. The molecule has 0 spiro atoms. The molecule has 0 N–H and O–H groups in total. The molecule has 1 amide bonds. The summed E-state index contributed by atoms with van der Waals surface area (Å²) in [5, 5.41) is 0. The molecule has 0 aliphatic carbocycles. The zero-order chi connectivity index (χ0) is 21.3. The Kier molecular flexibility index (Phi) is 5.75. The molecule has 0 radical (unpaired) electrons. The van der Waals surface area contributed by atoms with E-state index in [2.05, 4.69) is 17.0 Å². The molecular formula is C21H22F2N2O4S. The maximum absolute atomic E-state index is 12.7. The summed E-state index contributed by atoms with van der Waals surface area (Å²) in [5.41, 5.74) is 2.74. The van der Waals surface area contributed by atoms with Gasteiger partial charge < -0.3 is 9.64 Å². The highest BCUT2D eigenvalue weighted by atomic mass is 32.2. The summed E-state index contributed by atoms with van der Waals surface area (Å²) in [6.07, 6.45) is 0.933. The largest absolute Gasteiger partial charge is 0.493 e. The van der Waals surface area contributed by atoms with E-state index in [-0.39, 0.29) is 11.5 Å². The van der Waals surface area contributed by atoms with E-state index in [0.29, 0.717) is 13.1 Å².